The van der Waals surface area contributed by atoms with Crippen molar-refractivity contribution in [3.8, 4) is 0 Å². The first-order chi connectivity index (χ1) is 8.56. The molecule has 1 atom stereocenters. The summed E-state index contributed by atoms with van der Waals surface area (Å²) in [5, 5.41) is 2.94. The summed E-state index contributed by atoms with van der Waals surface area (Å²) in [7, 11) is 0. The van der Waals surface area contributed by atoms with Gasteiger partial charge in [-0.05, 0) is 43.3 Å². The smallest absolute Gasteiger partial charge is 0.251 e. The molecule has 5 heteroatoms. The van der Waals surface area contributed by atoms with Crippen LogP contribution in [0.2, 0.25) is 4.34 Å². The van der Waals surface area contributed by atoms with Crippen LogP contribution in [0.1, 0.15) is 28.2 Å². The summed E-state index contributed by atoms with van der Waals surface area (Å²) in [6.07, 6.45) is 0. The molecular weight excluding hydrogens is 334 g/mol. The largest absolute Gasteiger partial charge is 0.345 e. The van der Waals surface area contributed by atoms with Crippen LogP contribution in [0.15, 0.2) is 40.9 Å². The summed E-state index contributed by atoms with van der Waals surface area (Å²) in [5.74, 6) is -0.0838. The Bertz CT molecular complexity index is 552. The Morgan fingerprint density at radius 1 is 1.28 bits per heavy atom. The van der Waals surface area contributed by atoms with Crippen LogP contribution in [0, 0.1) is 0 Å². The minimum Gasteiger partial charge on any atom is -0.345 e. The molecule has 0 saturated carbocycles. The van der Waals surface area contributed by atoms with Gasteiger partial charge in [-0.3, -0.25) is 4.79 Å². The maximum absolute atomic E-state index is 12.0. The number of thiophene rings is 1. The Hall–Kier alpha value is -0.840. The fourth-order valence-electron chi connectivity index (χ4n) is 1.51. The molecule has 0 bridgehead atoms. The van der Waals surface area contributed by atoms with Crippen molar-refractivity contribution in [2.24, 2.45) is 0 Å². The van der Waals surface area contributed by atoms with Crippen LogP contribution in [0.3, 0.4) is 0 Å². The van der Waals surface area contributed by atoms with E-state index in [-0.39, 0.29) is 11.9 Å². The average molecular weight is 345 g/mol. The highest BCUT2D eigenvalue weighted by atomic mass is 79.9. The SMILES string of the molecule is CC(NC(=O)c1ccc(Br)cc1)c1ccc(Cl)s1. The molecule has 94 valence electrons. The van der Waals surface area contributed by atoms with Crippen molar-refractivity contribution in [2.75, 3.05) is 0 Å². The number of hydrogen-bond acceptors (Lipinski definition) is 2. The van der Waals surface area contributed by atoms with Crippen LogP contribution >= 0.6 is 38.9 Å². The predicted octanol–water partition coefficient (Wildman–Crippen LogP) is 4.66. The molecule has 0 aliphatic heterocycles. The summed E-state index contributed by atoms with van der Waals surface area (Å²) in [5.41, 5.74) is 0.646. The summed E-state index contributed by atoms with van der Waals surface area (Å²) in [4.78, 5) is 13.0. The fraction of sp³-hybridized carbons (Fsp3) is 0.154. The van der Waals surface area contributed by atoms with Gasteiger partial charge in [0.2, 0.25) is 0 Å². The average Bonchev–Trinajstić information content (AvgIpc) is 2.76. The minimum absolute atomic E-state index is 0.0429. The maximum atomic E-state index is 12.0. The van der Waals surface area contributed by atoms with Crippen molar-refractivity contribution in [3.63, 3.8) is 0 Å². The van der Waals surface area contributed by atoms with Crippen molar-refractivity contribution >= 4 is 44.8 Å². The second-order valence-electron chi connectivity index (χ2n) is 3.84. The number of carbonyl (C=O) groups is 1. The lowest BCUT2D eigenvalue weighted by Crippen LogP contribution is -2.25. The summed E-state index contributed by atoms with van der Waals surface area (Å²) >= 11 is 10.7. The predicted molar refractivity (Wildman–Crippen MR) is 79.4 cm³/mol. The molecule has 0 radical (unpaired) electrons. The van der Waals surface area contributed by atoms with E-state index in [0.29, 0.717) is 5.56 Å². The molecule has 18 heavy (non-hydrogen) atoms. The zero-order valence-corrected chi connectivity index (χ0v) is 12.8. The van der Waals surface area contributed by atoms with Crippen LogP contribution in [-0.2, 0) is 0 Å². The molecular formula is C13H11BrClNOS. The van der Waals surface area contributed by atoms with Crippen molar-refractivity contribution < 1.29 is 4.79 Å². The van der Waals surface area contributed by atoms with Gasteiger partial charge in [-0.1, -0.05) is 27.5 Å². The lowest BCUT2D eigenvalue weighted by atomic mass is 10.2. The van der Waals surface area contributed by atoms with Crippen molar-refractivity contribution in [3.05, 3.63) is 55.6 Å². The minimum atomic E-state index is -0.0838. The van der Waals surface area contributed by atoms with Gasteiger partial charge in [-0.25, -0.2) is 0 Å². The monoisotopic (exact) mass is 343 g/mol. The van der Waals surface area contributed by atoms with Gasteiger partial charge in [0.1, 0.15) is 0 Å². The number of benzene rings is 1. The zero-order chi connectivity index (χ0) is 13.1. The molecule has 0 spiro atoms. The fourth-order valence-corrected chi connectivity index (χ4v) is 2.84. The van der Waals surface area contributed by atoms with Crippen LogP contribution in [0.4, 0.5) is 0 Å². The Kier molecular flexibility index (Phi) is 4.43. The summed E-state index contributed by atoms with van der Waals surface area (Å²) in [6, 6.07) is 11.0. The van der Waals surface area contributed by atoms with E-state index < -0.39 is 0 Å². The second kappa shape index (κ2) is 5.87. The van der Waals surface area contributed by atoms with Gasteiger partial charge in [-0.15, -0.1) is 11.3 Å². The quantitative estimate of drug-likeness (QED) is 0.862. The van der Waals surface area contributed by atoms with Crippen LogP contribution in [-0.4, -0.2) is 5.91 Å². The van der Waals surface area contributed by atoms with Crippen LogP contribution < -0.4 is 5.32 Å². The van der Waals surface area contributed by atoms with Crippen LogP contribution in [0.25, 0.3) is 0 Å². The lowest BCUT2D eigenvalue weighted by molar-refractivity contribution is 0.0940. The molecule has 1 aromatic heterocycles. The number of nitrogens with one attached hydrogen (secondary N) is 1. The lowest BCUT2D eigenvalue weighted by Gasteiger charge is -2.12. The number of halogens is 2. The number of amides is 1. The standard InChI is InChI=1S/C13H11BrClNOS/c1-8(11-6-7-12(15)18-11)16-13(17)9-2-4-10(14)5-3-9/h2-8H,1H3,(H,16,17). The van der Waals surface area contributed by atoms with Gasteiger partial charge in [0, 0.05) is 14.9 Å². The second-order valence-corrected chi connectivity index (χ2v) is 6.51. The van der Waals surface area contributed by atoms with Gasteiger partial charge in [0.25, 0.3) is 5.91 Å². The van der Waals surface area contributed by atoms with E-state index in [2.05, 4.69) is 21.2 Å². The molecule has 0 aliphatic rings. The highest BCUT2D eigenvalue weighted by molar-refractivity contribution is 9.10. The van der Waals surface area contributed by atoms with Gasteiger partial charge < -0.3 is 5.32 Å². The molecule has 1 unspecified atom stereocenters. The molecule has 1 amide bonds. The van der Waals surface area contributed by atoms with E-state index in [1.807, 2.05) is 31.2 Å². The molecule has 2 nitrogen and oxygen atoms in total. The van der Waals surface area contributed by atoms with E-state index in [4.69, 9.17) is 11.6 Å². The molecule has 2 aromatic rings. The molecule has 2 rings (SSSR count). The van der Waals surface area contributed by atoms with E-state index in [1.165, 1.54) is 11.3 Å². The third-order valence-corrected chi connectivity index (χ3v) is 4.42. The van der Waals surface area contributed by atoms with Crippen molar-refractivity contribution in [1.29, 1.82) is 0 Å². The molecule has 0 aliphatic carbocycles. The van der Waals surface area contributed by atoms with Crippen LogP contribution in [0.5, 0.6) is 0 Å². The first-order valence-corrected chi connectivity index (χ1v) is 7.36. The first-order valence-electron chi connectivity index (χ1n) is 5.38. The number of carbonyl (C=O) groups excluding carboxylic acids is 1. The third-order valence-electron chi connectivity index (χ3n) is 2.47. The number of hydrogen-bond donors (Lipinski definition) is 1. The van der Waals surface area contributed by atoms with Gasteiger partial charge in [0.05, 0.1) is 10.4 Å². The van der Waals surface area contributed by atoms with E-state index in [0.717, 1.165) is 13.7 Å². The Labute approximate surface area is 123 Å². The Balaban J connectivity index is 2.05. The Morgan fingerprint density at radius 3 is 2.50 bits per heavy atom. The number of rotatable bonds is 3. The van der Waals surface area contributed by atoms with Gasteiger partial charge >= 0.3 is 0 Å². The Morgan fingerprint density at radius 2 is 1.94 bits per heavy atom. The van der Waals surface area contributed by atoms with Crippen molar-refractivity contribution in [2.45, 2.75) is 13.0 Å². The first kappa shape index (κ1) is 13.6. The van der Waals surface area contributed by atoms with Gasteiger partial charge in [0.15, 0.2) is 0 Å². The van der Waals surface area contributed by atoms with Crippen molar-refractivity contribution in [1.82, 2.24) is 5.32 Å². The maximum Gasteiger partial charge on any atom is 0.251 e. The molecule has 0 fully saturated rings. The van der Waals surface area contributed by atoms with Gasteiger partial charge in [-0.2, -0.15) is 0 Å². The summed E-state index contributed by atoms with van der Waals surface area (Å²) < 4.78 is 1.69. The highest BCUT2D eigenvalue weighted by Gasteiger charge is 2.12. The summed E-state index contributed by atoms with van der Waals surface area (Å²) in [6.45, 7) is 1.94. The zero-order valence-electron chi connectivity index (χ0n) is 9.61. The third kappa shape index (κ3) is 3.34. The topological polar surface area (TPSA) is 29.1 Å². The van der Waals surface area contributed by atoms with E-state index >= 15 is 0 Å². The molecule has 0 saturated heterocycles. The molecule has 1 N–H and O–H groups in total. The highest BCUT2D eigenvalue weighted by Crippen LogP contribution is 2.26. The molecule has 1 heterocycles. The molecule has 1 aromatic carbocycles. The normalized spacial score (nSPS) is 12.2. The van der Waals surface area contributed by atoms with E-state index in [9.17, 15) is 4.79 Å². The van der Waals surface area contributed by atoms with E-state index in [1.54, 1.807) is 12.1 Å².